The second-order valence-electron chi connectivity index (χ2n) is 8.83. The van der Waals surface area contributed by atoms with Crippen molar-refractivity contribution < 1.29 is 9.47 Å². The van der Waals surface area contributed by atoms with Crippen LogP contribution >= 0.6 is 0 Å². The highest BCUT2D eigenvalue weighted by Gasteiger charge is 2.16. The maximum Gasteiger partial charge on any atom is 0.165 e. The summed E-state index contributed by atoms with van der Waals surface area (Å²) in [4.78, 5) is 28.2. The molecular weight excluding hydrogens is 486 g/mol. The van der Waals surface area contributed by atoms with E-state index in [1.165, 1.54) is 23.7 Å². The maximum absolute atomic E-state index is 5.79. The van der Waals surface area contributed by atoms with Crippen molar-refractivity contribution in [2.45, 2.75) is 32.2 Å². The molecule has 0 amide bonds. The molecule has 194 valence electrons. The average molecular weight is 514 g/mol. The number of hydrogen-bond donors (Lipinski definition) is 3. The molecule has 0 spiro atoms. The third kappa shape index (κ3) is 4.84. The number of aromatic nitrogens is 9. The zero-order valence-corrected chi connectivity index (χ0v) is 20.6. The first-order chi connectivity index (χ1) is 18.7. The minimum atomic E-state index is -0.119. The molecule has 1 aliphatic rings. The van der Waals surface area contributed by atoms with Gasteiger partial charge < -0.3 is 35.1 Å². The van der Waals surface area contributed by atoms with E-state index in [0.717, 1.165) is 42.7 Å². The molecule has 0 unspecified atom stereocenters. The monoisotopic (exact) mass is 513 g/mol. The quantitative estimate of drug-likeness (QED) is 0.300. The van der Waals surface area contributed by atoms with Crippen LogP contribution in [0.2, 0.25) is 0 Å². The van der Waals surface area contributed by atoms with Crippen LogP contribution in [-0.2, 0) is 29.0 Å². The van der Waals surface area contributed by atoms with Gasteiger partial charge in [-0.15, -0.1) is 0 Å². The van der Waals surface area contributed by atoms with Crippen molar-refractivity contribution in [3.05, 3.63) is 61.3 Å². The number of nitrogens with zero attached hydrogens (tertiary/aromatic N) is 8. The summed E-state index contributed by atoms with van der Waals surface area (Å²) in [6, 6.07) is 10.4. The highest BCUT2D eigenvalue weighted by atomic mass is 16.7. The Morgan fingerprint density at radius 3 is 2.11 bits per heavy atom. The van der Waals surface area contributed by atoms with Crippen LogP contribution in [-0.4, -0.2) is 63.5 Å². The van der Waals surface area contributed by atoms with Gasteiger partial charge in [0.15, 0.2) is 29.2 Å². The summed E-state index contributed by atoms with van der Waals surface area (Å²) in [5.74, 6) is 0.825. The first-order valence-corrected chi connectivity index (χ1v) is 12.3. The van der Waals surface area contributed by atoms with E-state index >= 15 is 0 Å². The van der Waals surface area contributed by atoms with Gasteiger partial charge >= 0.3 is 0 Å². The summed E-state index contributed by atoms with van der Waals surface area (Å²) in [7, 11) is 0. The molecule has 0 radical (unpaired) electrons. The Morgan fingerprint density at radius 2 is 1.45 bits per heavy atom. The lowest BCUT2D eigenvalue weighted by Gasteiger charge is -2.09. The summed E-state index contributed by atoms with van der Waals surface area (Å²) in [6.45, 7) is 2.87. The zero-order chi connectivity index (χ0) is 25.9. The van der Waals surface area contributed by atoms with E-state index in [1.807, 2.05) is 21.3 Å². The number of ether oxygens (including phenoxy) is 2. The number of hydrogen-bond acceptors (Lipinski definition) is 10. The van der Waals surface area contributed by atoms with E-state index in [2.05, 4.69) is 53.1 Å². The Morgan fingerprint density at radius 1 is 0.816 bits per heavy atom. The predicted molar refractivity (Wildman–Crippen MR) is 142 cm³/mol. The fourth-order valence-electron chi connectivity index (χ4n) is 4.45. The van der Waals surface area contributed by atoms with Gasteiger partial charge in [0.25, 0.3) is 0 Å². The molecule has 5 N–H and O–H groups in total. The molecule has 1 aliphatic heterocycles. The molecule has 6 aromatic rings. The third-order valence-electron chi connectivity index (χ3n) is 6.36. The molecule has 13 heteroatoms. The fourth-order valence-corrected chi connectivity index (χ4v) is 4.45. The van der Waals surface area contributed by atoms with Crippen molar-refractivity contribution in [3.8, 4) is 0 Å². The topological polar surface area (TPSA) is 173 Å². The number of nitrogens with one attached hydrogen (secondary N) is 1. The summed E-state index contributed by atoms with van der Waals surface area (Å²) in [5.41, 5.74) is 16.7. The van der Waals surface area contributed by atoms with Gasteiger partial charge in [-0.25, -0.2) is 29.9 Å². The van der Waals surface area contributed by atoms with Crippen LogP contribution in [0.25, 0.3) is 33.2 Å². The molecule has 0 saturated carbocycles. The van der Waals surface area contributed by atoms with E-state index in [1.54, 1.807) is 12.7 Å². The SMILES string of the molecule is Nc1ncnc2c1ncn2CCC1OCCO1.Nc1ncnc2c1ncn2CCc1cc2ccccc2[nH]1. The third-order valence-corrected chi connectivity index (χ3v) is 6.36. The minimum Gasteiger partial charge on any atom is -0.382 e. The van der Waals surface area contributed by atoms with Gasteiger partial charge in [-0.2, -0.15) is 0 Å². The molecule has 1 fully saturated rings. The number of nitrogens with two attached hydrogens (primary N) is 2. The lowest BCUT2D eigenvalue weighted by atomic mass is 10.2. The van der Waals surface area contributed by atoms with Gasteiger partial charge in [0.05, 0.1) is 25.9 Å². The predicted octanol–water partition coefficient (Wildman–Crippen LogP) is 2.30. The van der Waals surface area contributed by atoms with Crippen molar-refractivity contribution in [1.29, 1.82) is 0 Å². The number of rotatable bonds is 6. The van der Waals surface area contributed by atoms with Crippen LogP contribution in [0.4, 0.5) is 11.6 Å². The van der Waals surface area contributed by atoms with Crippen LogP contribution in [0.1, 0.15) is 12.1 Å². The van der Waals surface area contributed by atoms with Crippen LogP contribution < -0.4 is 11.5 Å². The Bertz CT molecular complexity index is 1650. The number of nitrogen functional groups attached to an aromatic ring is 2. The standard InChI is InChI=1S/C15H14N6.C10H13N5O2/c16-14-13-15(18-8-17-14)21(9-19-13)6-5-11-7-10-3-1-2-4-12(10)20-11;11-9-8-10(13-5-12-9)15(6-14-8)2-1-7-16-3-4-17-7/h1-4,7-9,20H,5-6H2,(H2,16,17,18);5-7H,1-4H2,(H2,11,12,13). The number of imidazole rings is 2. The molecule has 0 atom stereocenters. The summed E-state index contributed by atoms with van der Waals surface area (Å²) < 4.78 is 14.7. The molecule has 38 heavy (non-hydrogen) atoms. The minimum absolute atomic E-state index is 0.119. The molecule has 1 saturated heterocycles. The van der Waals surface area contributed by atoms with Crippen LogP contribution in [0, 0.1) is 0 Å². The van der Waals surface area contributed by atoms with Crippen molar-refractivity contribution in [1.82, 2.24) is 44.0 Å². The lowest BCUT2D eigenvalue weighted by molar-refractivity contribution is -0.0489. The van der Waals surface area contributed by atoms with E-state index < -0.39 is 0 Å². The highest BCUT2D eigenvalue weighted by molar-refractivity contribution is 5.82. The first-order valence-electron chi connectivity index (χ1n) is 12.3. The lowest BCUT2D eigenvalue weighted by Crippen LogP contribution is -2.11. The van der Waals surface area contributed by atoms with Gasteiger partial charge in [0.2, 0.25) is 0 Å². The molecule has 13 nitrogen and oxygen atoms in total. The molecule has 7 rings (SSSR count). The largest absolute Gasteiger partial charge is 0.382 e. The van der Waals surface area contributed by atoms with Crippen molar-refractivity contribution in [2.75, 3.05) is 24.7 Å². The Hall–Kier alpha value is -4.62. The van der Waals surface area contributed by atoms with Gasteiger partial charge in [-0.05, 0) is 17.5 Å². The van der Waals surface area contributed by atoms with Gasteiger partial charge in [0, 0.05) is 37.1 Å². The highest BCUT2D eigenvalue weighted by Crippen LogP contribution is 2.18. The Labute approximate surface area is 216 Å². The maximum atomic E-state index is 5.79. The fraction of sp³-hybridized carbons (Fsp3) is 0.280. The molecule has 5 aromatic heterocycles. The molecule has 1 aromatic carbocycles. The summed E-state index contributed by atoms with van der Waals surface area (Å²) >= 11 is 0. The number of aryl methyl sites for hydroxylation is 3. The zero-order valence-electron chi connectivity index (χ0n) is 20.6. The Balaban J connectivity index is 0.000000142. The van der Waals surface area contributed by atoms with E-state index in [9.17, 15) is 0 Å². The van der Waals surface area contributed by atoms with Crippen molar-refractivity contribution in [3.63, 3.8) is 0 Å². The smallest absolute Gasteiger partial charge is 0.165 e. The van der Waals surface area contributed by atoms with Crippen LogP contribution in [0.3, 0.4) is 0 Å². The normalized spacial score (nSPS) is 13.9. The summed E-state index contributed by atoms with van der Waals surface area (Å²) in [6.07, 6.45) is 7.92. The second-order valence-corrected chi connectivity index (χ2v) is 8.83. The number of para-hydroxylation sites is 1. The van der Waals surface area contributed by atoms with Gasteiger partial charge in [-0.3, -0.25) is 0 Å². The van der Waals surface area contributed by atoms with Crippen molar-refractivity contribution >= 4 is 44.9 Å². The summed E-state index contributed by atoms with van der Waals surface area (Å²) in [5, 5.41) is 1.23. The number of fused-ring (bicyclic) bond motifs is 3. The van der Waals surface area contributed by atoms with E-state index in [4.69, 9.17) is 20.9 Å². The van der Waals surface area contributed by atoms with Crippen LogP contribution in [0.15, 0.2) is 55.6 Å². The van der Waals surface area contributed by atoms with Crippen LogP contribution in [0.5, 0.6) is 0 Å². The number of H-pyrrole nitrogens is 1. The molecule has 0 bridgehead atoms. The average Bonchev–Trinajstić information content (AvgIpc) is 3.73. The molecule has 6 heterocycles. The van der Waals surface area contributed by atoms with E-state index in [0.29, 0.717) is 35.9 Å². The molecular formula is C25H27N11O2. The number of benzene rings is 1. The molecule has 0 aliphatic carbocycles. The first kappa shape index (κ1) is 23.8. The number of aromatic amines is 1. The number of anilines is 2. The van der Waals surface area contributed by atoms with Gasteiger partial charge in [-0.1, -0.05) is 18.2 Å². The second kappa shape index (κ2) is 10.4. The Kier molecular flexibility index (Phi) is 6.50. The van der Waals surface area contributed by atoms with Gasteiger partial charge in [0.1, 0.15) is 23.7 Å². The van der Waals surface area contributed by atoms with E-state index in [-0.39, 0.29) is 6.29 Å². The van der Waals surface area contributed by atoms with Crippen molar-refractivity contribution in [2.24, 2.45) is 0 Å².